The maximum absolute atomic E-state index is 9.09. The van der Waals surface area contributed by atoms with Gasteiger partial charge in [-0.1, -0.05) is 43.7 Å². The Morgan fingerprint density at radius 3 is 2.05 bits per heavy atom. The van der Waals surface area contributed by atoms with Gasteiger partial charge in [-0.3, -0.25) is 0 Å². The average molecular weight is 1020 g/mol. The first kappa shape index (κ1) is 29.9. The van der Waals surface area contributed by atoms with Gasteiger partial charge in [-0.05, 0) is 18.6 Å². The molecule has 0 spiro atoms. The third-order valence-corrected chi connectivity index (χ3v) is 12.2. The number of hydrogen-bond acceptors (Lipinski definition) is 4. The van der Waals surface area contributed by atoms with E-state index in [4.69, 9.17) is 28.5 Å². The van der Waals surface area contributed by atoms with Crippen LogP contribution in [0.1, 0.15) is 32.6 Å². The normalized spacial score (nSPS) is 14.2. The Hall–Kier alpha value is -7.28. The summed E-state index contributed by atoms with van der Waals surface area (Å²) >= 11 is 2.15. The summed E-state index contributed by atoms with van der Waals surface area (Å²) in [4.78, 5) is 7.04. The molecule has 0 aliphatic carbocycles. The molecule has 10 aromatic rings. The zero-order valence-corrected chi connectivity index (χ0v) is 36.8. The number of imidazole rings is 1. The molecule has 0 saturated heterocycles. The molecule has 7 nitrogen and oxygen atoms in total. The van der Waals surface area contributed by atoms with E-state index in [0.717, 1.165) is 52.3 Å². The van der Waals surface area contributed by atoms with Gasteiger partial charge in [0.05, 0.1) is 5.69 Å². The number of aryl methyl sites for hydroxylation is 1. The van der Waals surface area contributed by atoms with Gasteiger partial charge < -0.3 is 0 Å². The van der Waals surface area contributed by atoms with E-state index in [-0.39, 0.29) is 34.9 Å². The SMILES string of the molecule is [2H]c1c([2H])c([2H])c(-c2cccc(-c3c([2H])c([2H])c([2H])c([2H])c3[2H])c2-n2[c](=[Pt])n(-c3[c-]c(Oc4[c-]c5c(cc4)-c4cc(-c6ccccc6)nn4B(CCC)N5c4cc(C)ccn4)ccc3)c3ccccc32)c([2H])c1[2H]. The molecule has 4 heterocycles. The second-order valence-corrected chi connectivity index (χ2v) is 16.3. The minimum absolute atomic E-state index is 0.122. The van der Waals surface area contributed by atoms with E-state index in [1.54, 1.807) is 24.3 Å². The number of para-hydroxylation sites is 3. The summed E-state index contributed by atoms with van der Waals surface area (Å²) in [5, 5.41) is 5.19. The molecular weight excluding hydrogens is 967 g/mol. The number of benzene rings is 7. The van der Waals surface area contributed by atoms with Crippen molar-refractivity contribution in [1.82, 2.24) is 23.8 Å². The minimum atomic E-state index is -0.567. The maximum atomic E-state index is 9.09. The van der Waals surface area contributed by atoms with Crippen molar-refractivity contribution >= 4 is 29.5 Å². The Morgan fingerprint density at radius 2 is 1.34 bits per heavy atom. The number of fused-ring (bicyclic) bond motifs is 4. The second kappa shape index (κ2) is 16.8. The van der Waals surface area contributed by atoms with E-state index >= 15 is 0 Å². The fraction of sp³-hybridized carbons (Fsp3) is 0.0727. The van der Waals surface area contributed by atoms with Gasteiger partial charge in [-0.25, -0.2) is 0 Å². The molecule has 0 N–H and O–H groups in total. The van der Waals surface area contributed by atoms with Crippen molar-refractivity contribution in [3.63, 3.8) is 0 Å². The van der Waals surface area contributed by atoms with E-state index in [2.05, 4.69) is 72.1 Å². The molecule has 0 atom stereocenters. The summed E-state index contributed by atoms with van der Waals surface area (Å²) in [5.74, 6) is 1.55. The first-order chi connectivity index (χ1) is 35.7. The molecule has 0 unspecified atom stereocenters. The Labute approximate surface area is 398 Å². The topological polar surface area (TPSA) is 53.0 Å². The first-order valence-electron chi connectivity index (χ1n) is 25.8. The number of rotatable bonds is 10. The summed E-state index contributed by atoms with van der Waals surface area (Å²) in [7, 11) is 0. The first-order valence-corrected chi connectivity index (χ1v) is 21.9. The van der Waals surface area contributed by atoms with Gasteiger partial charge >= 0.3 is 315 Å². The molecule has 9 heteroatoms. The van der Waals surface area contributed by atoms with Crippen LogP contribution in [0.5, 0.6) is 11.5 Å². The Bertz CT molecular complexity index is 3850. The fourth-order valence-corrected chi connectivity index (χ4v) is 9.51. The molecule has 3 aromatic heterocycles. The van der Waals surface area contributed by atoms with Crippen molar-refractivity contribution in [2.45, 2.75) is 26.6 Å². The molecular formula is C55H41BN6OPt-2. The van der Waals surface area contributed by atoms with Gasteiger partial charge in [-0.2, -0.15) is 5.10 Å². The predicted octanol–water partition coefficient (Wildman–Crippen LogP) is 13.4. The predicted molar refractivity (Wildman–Crippen MR) is 255 cm³/mol. The van der Waals surface area contributed by atoms with Crippen molar-refractivity contribution in [2.24, 2.45) is 0 Å². The van der Waals surface area contributed by atoms with Gasteiger partial charge in [0.25, 0.3) is 0 Å². The summed E-state index contributed by atoms with van der Waals surface area (Å²) in [6.45, 7) is 3.97. The molecule has 0 fully saturated rings. The van der Waals surface area contributed by atoms with Crippen LogP contribution in [0.2, 0.25) is 6.32 Å². The Kier molecular flexibility index (Phi) is 7.84. The van der Waals surface area contributed by atoms with Crippen molar-refractivity contribution in [3.8, 4) is 67.6 Å². The number of anilines is 2. The van der Waals surface area contributed by atoms with Gasteiger partial charge in [0.15, 0.2) is 0 Å². The van der Waals surface area contributed by atoms with Crippen LogP contribution in [0.4, 0.5) is 11.5 Å². The summed E-state index contributed by atoms with van der Waals surface area (Å²) in [5.41, 5.74) is 7.71. The van der Waals surface area contributed by atoms with Crippen molar-refractivity contribution in [3.05, 3.63) is 209 Å². The number of aromatic nitrogens is 5. The van der Waals surface area contributed by atoms with Crippen LogP contribution in [0.25, 0.3) is 67.2 Å². The third kappa shape index (κ3) is 7.05. The average Bonchev–Trinajstić information content (AvgIpc) is 4.00. The zero-order chi connectivity index (χ0) is 51.9. The van der Waals surface area contributed by atoms with Gasteiger partial charge in [0, 0.05) is 11.8 Å². The quantitative estimate of drug-likeness (QED) is 0.101. The molecule has 0 amide bonds. The molecule has 312 valence electrons. The van der Waals surface area contributed by atoms with Crippen molar-refractivity contribution in [1.29, 1.82) is 0 Å². The molecule has 0 bridgehead atoms. The van der Waals surface area contributed by atoms with Crippen LogP contribution in [-0.4, -0.2) is 30.8 Å². The standard InChI is InChI=1S/C55H41BN6O.Pt/c1-3-32-56-61(54-34-39(2)31-33-57-54)52-36-45(29-30-48(52)53-37-49(58-62(53)56)42-21-11-6-12-22-42)63-44-24-15-23-43(35-44)59-38-60(51-28-14-13-27-50(51)59)55-46(40-17-7-4-8-18-40)25-16-26-47(55)41-19-9-5-10-20-41;/h4-31,33-34,37H,3,32H2,1-2H3;/q-2;/i4D,5D,7D,8D,9D,10D,17D,18D,19D,20D;. The van der Waals surface area contributed by atoms with Crippen LogP contribution in [0.3, 0.4) is 0 Å². The van der Waals surface area contributed by atoms with E-state index in [1.165, 1.54) is 0 Å². The Morgan fingerprint density at radius 1 is 0.672 bits per heavy atom. The van der Waals surface area contributed by atoms with E-state index in [9.17, 15) is 0 Å². The molecule has 7 aromatic carbocycles. The van der Waals surface area contributed by atoms with Crippen LogP contribution in [0.15, 0.2) is 188 Å². The Balaban J connectivity index is 1.08. The van der Waals surface area contributed by atoms with Gasteiger partial charge in [0.1, 0.15) is 0 Å². The summed E-state index contributed by atoms with van der Waals surface area (Å²) < 4.78 is 101. The molecule has 1 aliphatic rings. The van der Waals surface area contributed by atoms with E-state index in [0.29, 0.717) is 32.0 Å². The van der Waals surface area contributed by atoms with Crippen LogP contribution in [-0.2, 0) is 19.4 Å². The van der Waals surface area contributed by atoms with E-state index < -0.39 is 60.4 Å². The van der Waals surface area contributed by atoms with Crippen LogP contribution < -0.4 is 9.55 Å². The molecule has 0 saturated carbocycles. The van der Waals surface area contributed by atoms with Crippen molar-refractivity contribution in [2.75, 3.05) is 4.81 Å². The van der Waals surface area contributed by atoms with Gasteiger partial charge in [-0.15, -0.1) is 0 Å². The fourth-order valence-electron chi connectivity index (χ4n) is 8.44. The third-order valence-electron chi connectivity index (χ3n) is 11.2. The number of ether oxygens (including phenoxy) is 1. The molecule has 64 heavy (non-hydrogen) atoms. The summed E-state index contributed by atoms with van der Waals surface area (Å²) in [6, 6.07) is 39.9. The number of pyridine rings is 1. The van der Waals surface area contributed by atoms with E-state index in [1.807, 2.05) is 95.1 Å². The molecule has 11 rings (SSSR count). The van der Waals surface area contributed by atoms with Gasteiger partial charge in [0.2, 0.25) is 0 Å². The summed E-state index contributed by atoms with van der Waals surface area (Å²) in [6.07, 6.45) is 3.46. The number of hydrogen-bond donors (Lipinski definition) is 0. The molecule has 1 aliphatic heterocycles. The molecule has 0 radical (unpaired) electrons. The monoisotopic (exact) mass is 1020 g/mol. The second-order valence-electron chi connectivity index (χ2n) is 15.2. The number of nitrogens with zero attached hydrogens (tertiary/aromatic N) is 6. The van der Waals surface area contributed by atoms with Crippen LogP contribution in [0, 0.1) is 22.9 Å². The zero-order valence-electron chi connectivity index (χ0n) is 44.5. The van der Waals surface area contributed by atoms with Crippen molar-refractivity contribution < 1.29 is 37.8 Å². The van der Waals surface area contributed by atoms with Crippen LogP contribution >= 0.6 is 0 Å².